The molecule has 3 N–H and O–H groups in total. The zero-order valence-corrected chi connectivity index (χ0v) is 8.80. The molecule has 1 fully saturated rings. The predicted molar refractivity (Wildman–Crippen MR) is 56.4 cm³/mol. The Balaban J connectivity index is 1.99. The van der Waals surface area contributed by atoms with Gasteiger partial charge in [-0.1, -0.05) is 0 Å². The Hall–Kier alpha value is -0.940. The summed E-state index contributed by atoms with van der Waals surface area (Å²) in [5.41, 5.74) is 6.53. The predicted octanol–water partition coefficient (Wildman–Crippen LogP) is 1.31. The van der Waals surface area contributed by atoms with Crippen molar-refractivity contribution in [2.24, 2.45) is 5.73 Å². The van der Waals surface area contributed by atoms with Gasteiger partial charge in [-0.2, -0.15) is 0 Å². The van der Waals surface area contributed by atoms with Crippen LogP contribution in [0, 0.1) is 0 Å². The summed E-state index contributed by atoms with van der Waals surface area (Å²) < 4.78 is 0. The van der Waals surface area contributed by atoms with Crippen molar-refractivity contribution < 1.29 is 4.79 Å². The van der Waals surface area contributed by atoms with Crippen molar-refractivity contribution in [1.82, 2.24) is 4.98 Å². The molecule has 0 radical (unpaired) electrons. The van der Waals surface area contributed by atoms with Gasteiger partial charge in [0, 0.05) is 11.3 Å². The molecular weight excluding hydrogens is 198 g/mol. The molecule has 1 aromatic rings. The molecule has 2 rings (SSSR count). The van der Waals surface area contributed by atoms with E-state index in [4.69, 9.17) is 5.73 Å². The van der Waals surface area contributed by atoms with Crippen LogP contribution in [0.25, 0.3) is 0 Å². The molecule has 76 valence electrons. The third kappa shape index (κ3) is 2.10. The Morgan fingerprint density at radius 2 is 2.50 bits per heavy atom. The van der Waals surface area contributed by atoms with Crippen LogP contribution in [-0.2, 0) is 4.79 Å². The second-order valence-corrected chi connectivity index (χ2v) is 4.49. The number of nitrogens with one attached hydrogen (secondary N) is 1. The zero-order valence-electron chi connectivity index (χ0n) is 7.99. The van der Waals surface area contributed by atoms with E-state index in [2.05, 4.69) is 10.3 Å². The standard InChI is InChI=1S/C9H13N3OS/c1-5(10)8(13)12-9-11-7(4-14-9)6-2-3-6/h4-6H,2-3,10H2,1H3,(H,11,12,13)/t5-/m0/s1. The highest BCUT2D eigenvalue weighted by Gasteiger charge is 2.26. The van der Waals surface area contributed by atoms with Gasteiger partial charge in [-0.05, 0) is 19.8 Å². The van der Waals surface area contributed by atoms with Crippen molar-refractivity contribution >= 4 is 22.4 Å². The second-order valence-electron chi connectivity index (χ2n) is 3.63. The van der Waals surface area contributed by atoms with E-state index in [1.54, 1.807) is 6.92 Å². The largest absolute Gasteiger partial charge is 0.320 e. The Bertz CT molecular complexity index is 344. The van der Waals surface area contributed by atoms with E-state index in [1.165, 1.54) is 24.2 Å². The first-order valence-corrected chi connectivity index (χ1v) is 5.56. The fraction of sp³-hybridized carbons (Fsp3) is 0.556. The fourth-order valence-electron chi connectivity index (χ4n) is 1.13. The minimum atomic E-state index is -0.483. The van der Waals surface area contributed by atoms with Gasteiger partial charge in [-0.15, -0.1) is 11.3 Å². The van der Waals surface area contributed by atoms with Crippen LogP contribution in [0.3, 0.4) is 0 Å². The number of aromatic nitrogens is 1. The van der Waals surface area contributed by atoms with E-state index < -0.39 is 6.04 Å². The van der Waals surface area contributed by atoms with E-state index in [0.717, 1.165) is 5.69 Å². The van der Waals surface area contributed by atoms with E-state index in [0.29, 0.717) is 11.0 Å². The Morgan fingerprint density at radius 1 is 1.79 bits per heavy atom. The molecule has 14 heavy (non-hydrogen) atoms. The van der Waals surface area contributed by atoms with Crippen molar-refractivity contribution in [3.05, 3.63) is 11.1 Å². The van der Waals surface area contributed by atoms with Gasteiger partial charge in [0.25, 0.3) is 0 Å². The molecule has 4 nitrogen and oxygen atoms in total. The first-order chi connectivity index (χ1) is 6.66. The first kappa shape index (κ1) is 9.61. The molecule has 1 aliphatic carbocycles. The van der Waals surface area contributed by atoms with Crippen LogP contribution in [-0.4, -0.2) is 16.9 Å². The van der Waals surface area contributed by atoms with Crippen LogP contribution in [0.15, 0.2) is 5.38 Å². The summed E-state index contributed by atoms with van der Waals surface area (Å²) in [6.45, 7) is 1.66. The Morgan fingerprint density at radius 3 is 3.07 bits per heavy atom. The molecule has 1 amide bonds. The van der Waals surface area contributed by atoms with E-state index in [-0.39, 0.29) is 5.91 Å². The van der Waals surface area contributed by atoms with Crippen molar-refractivity contribution in [2.45, 2.75) is 31.7 Å². The van der Waals surface area contributed by atoms with Crippen molar-refractivity contribution in [2.75, 3.05) is 5.32 Å². The van der Waals surface area contributed by atoms with Gasteiger partial charge in [0.1, 0.15) is 0 Å². The van der Waals surface area contributed by atoms with Crippen molar-refractivity contribution in [1.29, 1.82) is 0 Å². The fourth-order valence-corrected chi connectivity index (χ4v) is 1.92. The van der Waals surface area contributed by atoms with Crippen LogP contribution >= 0.6 is 11.3 Å². The molecular formula is C9H13N3OS. The molecule has 1 saturated carbocycles. The lowest BCUT2D eigenvalue weighted by molar-refractivity contribution is -0.117. The monoisotopic (exact) mass is 211 g/mol. The van der Waals surface area contributed by atoms with Gasteiger partial charge in [-0.25, -0.2) is 4.98 Å². The number of thiazole rings is 1. The summed E-state index contributed by atoms with van der Waals surface area (Å²) in [6, 6.07) is -0.483. The van der Waals surface area contributed by atoms with Crippen LogP contribution < -0.4 is 11.1 Å². The van der Waals surface area contributed by atoms with Crippen LogP contribution in [0.1, 0.15) is 31.4 Å². The number of hydrogen-bond donors (Lipinski definition) is 2. The lowest BCUT2D eigenvalue weighted by Crippen LogP contribution is -2.32. The van der Waals surface area contributed by atoms with Crippen molar-refractivity contribution in [3.8, 4) is 0 Å². The quantitative estimate of drug-likeness (QED) is 0.792. The van der Waals surface area contributed by atoms with Crippen molar-refractivity contribution in [3.63, 3.8) is 0 Å². The zero-order chi connectivity index (χ0) is 10.1. The van der Waals surface area contributed by atoms with Gasteiger partial charge >= 0.3 is 0 Å². The van der Waals surface area contributed by atoms with Gasteiger partial charge in [0.2, 0.25) is 5.91 Å². The maximum Gasteiger partial charge on any atom is 0.242 e. The number of amides is 1. The molecule has 5 heteroatoms. The highest BCUT2D eigenvalue weighted by Crippen LogP contribution is 2.40. The molecule has 1 atom stereocenters. The number of anilines is 1. The average Bonchev–Trinajstić information content (AvgIpc) is 2.88. The smallest absolute Gasteiger partial charge is 0.242 e. The Labute approximate surface area is 86.5 Å². The first-order valence-electron chi connectivity index (χ1n) is 4.68. The summed E-state index contributed by atoms with van der Waals surface area (Å²) in [7, 11) is 0. The molecule has 0 bridgehead atoms. The summed E-state index contributed by atoms with van der Waals surface area (Å²) in [6.07, 6.45) is 2.45. The molecule has 1 aliphatic rings. The van der Waals surface area contributed by atoms with Gasteiger partial charge in [0.05, 0.1) is 11.7 Å². The minimum Gasteiger partial charge on any atom is -0.320 e. The third-order valence-corrected chi connectivity index (χ3v) is 2.94. The summed E-state index contributed by atoms with van der Waals surface area (Å²) in [5, 5.41) is 5.36. The highest BCUT2D eigenvalue weighted by molar-refractivity contribution is 7.13. The number of nitrogens with zero attached hydrogens (tertiary/aromatic N) is 1. The van der Waals surface area contributed by atoms with Crippen LogP contribution in [0.2, 0.25) is 0 Å². The van der Waals surface area contributed by atoms with E-state index in [9.17, 15) is 4.79 Å². The van der Waals surface area contributed by atoms with E-state index >= 15 is 0 Å². The molecule has 0 unspecified atom stereocenters. The maximum atomic E-state index is 11.2. The molecule has 0 aromatic carbocycles. The van der Waals surface area contributed by atoms with Gasteiger partial charge in [0.15, 0.2) is 5.13 Å². The number of nitrogens with two attached hydrogens (primary N) is 1. The normalized spacial score (nSPS) is 17.9. The molecule has 0 spiro atoms. The van der Waals surface area contributed by atoms with Crippen LogP contribution in [0.4, 0.5) is 5.13 Å². The summed E-state index contributed by atoms with van der Waals surface area (Å²) >= 11 is 1.46. The lowest BCUT2D eigenvalue weighted by atomic mass is 10.3. The number of hydrogen-bond acceptors (Lipinski definition) is 4. The summed E-state index contributed by atoms with van der Waals surface area (Å²) in [4.78, 5) is 15.6. The van der Waals surface area contributed by atoms with Crippen LogP contribution in [0.5, 0.6) is 0 Å². The minimum absolute atomic E-state index is 0.179. The molecule has 0 aliphatic heterocycles. The van der Waals surface area contributed by atoms with Gasteiger partial charge in [-0.3, -0.25) is 4.79 Å². The Kier molecular flexibility index (Phi) is 2.52. The lowest BCUT2D eigenvalue weighted by Gasteiger charge is -2.03. The second kappa shape index (κ2) is 3.67. The third-order valence-electron chi connectivity index (χ3n) is 2.16. The van der Waals surface area contributed by atoms with Gasteiger partial charge < -0.3 is 11.1 Å². The highest BCUT2D eigenvalue weighted by atomic mass is 32.1. The van der Waals surface area contributed by atoms with E-state index in [1.807, 2.05) is 5.38 Å². The topological polar surface area (TPSA) is 68.0 Å². The SMILES string of the molecule is C[C@H](N)C(=O)Nc1nc(C2CC2)cs1. The molecule has 1 heterocycles. The molecule has 0 saturated heterocycles. The average molecular weight is 211 g/mol. The molecule has 1 aromatic heterocycles. The summed E-state index contributed by atoms with van der Waals surface area (Å²) in [5.74, 6) is 0.453. The number of carbonyl (C=O) groups excluding carboxylic acids is 1. The number of rotatable bonds is 3. The number of carbonyl (C=O) groups is 1. The maximum absolute atomic E-state index is 11.2.